The van der Waals surface area contributed by atoms with Crippen LogP contribution in [0.1, 0.15) is 47.0 Å². The summed E-state index contributed by atoms with van der Waals surface area (Å²) in [5.74, 6) is -1.03. The maximum Gasteiger partial charge on any atom is 0.162 e. The van der Waals surface area contributed by atoms with Crippen molar-refractivity contribution in [2.45, 2.75) is 58.8 Å². The maximum atomic E-state index is 10.6. The lowest BCUT2D eigenvalue weighted by molar-refractivity contribution is -0.187. The summed E-state index contributed by atoms with van der Waals surface area (Å²) in [6.07, 6.45) is 1.95. The van der Waals surface area contributed by atoms with Crippen molar-refractivity contribution in [2.75, 3.05) is 7.11 Å². The van der Waals surface area contributed by atoms with Crippen LogP contribution in [0.15, 0.2) is 0 Å². The quantitative estimate of drug-likeness (QED) is 0.491. The summed E-state index contributed by atoms with van der Waals surface area (Å²) >= 11 is 0. The number of aldehydes is 1. The molecular formula is C14H28O4. The second-order valence-electron chi connectivity index (χ2n) is 5.49. The number of rotatable bonds is 9. The predicted molar refractivity (Wildman–Crippen MR) is 71.0 cm³/mol. The van der Waals surface area contributed by atoms with Gasteiger partial charge in [0.1, 0.15) is 6.29 Å². The standard InChI is InChI=1S/C14H28O4/c1-6-12(16)13(10(2)7-8-15)11(3)9-14(4,17)18-5/h8,10-13,16-17H,6-7,9H2,1-5H3. The molecule has 0 saturated carbocycles. The van der Waals surface area contributed by atoms with Gasteiger partial charge in [0.2, 0.25) is 0 Å². The van der Waals surface area contributed by atoms with E-state index in [1.165, 1.54) is 7.11 Å². The summed E-state index contributed by atoms with van der Waals surface area (Å²) in [5, 5.41) is 20.1. The van der Waals surface area contributed by atoms with Crippen LogP contribution in [0, 0.1) is 17.8 Å². The maximum absolute atomic E-state index is 10.6. The largest absolute Gasteiger partial charge is 0.393 e. The minimum absolute atomic E-state index is 0.0122. The van der Waals surface area contributed by atoms with Crippen LogP contribution in [0.5, 0.6) is 0 Å². The summed E-state index contributed by atoms with van der Waals surface area (Å²) in [6.45, 7) is 7.49. The molecule has 4 heteroatoms. The molecule has 18 heavy (non-hydrogen) atoms. The van der Waals surface area contributed by atoms with Crippen molar-refractivity contribution in [3.05, 3.63) is 0 Å². The van der Waals surface area contributed by atoms with Gasteiger partial charge in [-0.15, -0.1) is 0 Å². The van der Waals surface area contributed by atoms with Gasteiger partial charge in [-0.25, -0.2) is 0 Å². The van der Waals surface area contributed by atoms with Crippen LogP contribution in [0.2, 0.25) is 0 Å². The highest BCUT2D eigenvalue weighted by molar-refractivity contribution is 5.49. The third-order valence-electron chi connectivity index (χ3n) is 3.79. The summed E-state index contributed by atoms with van der Waals surface area (Å²) < 4.78 is 5.02. The molecule has 4 nitrogen and oxygen atoms in total. The highest BCUT2D eigenvalue weighted by Crippen LogP contribution is 2.33. The normalized spacial score (nSPS) is 21.7. The summed E-state index contributed by atoms with van der Waals surface area (Å²) in [5.41, 5.74) is 0. The number of aliphatic hydroxyl groups excluding tert-OH is 1. The number of carbonyl (C=O) groups is 1. The second kappa shape index (κ2) is 7.87. The molecule has 108 valence electrons. The second-order valence-corrected chi connectivity index (χ2v) is 5.49. The van der Waals surface area contributed by atoms with Gasteiger partial charge < -0.3 is 19.7 Å². The zero-order valence-electron chi connectivity index (χ0n) is 12.2. The van der Waals surface area contributed by atoms with Gasteiger partial charge in [-0.3, -0.25) is 0 Å². The molecule has 0 aromatic carbocycles. The minimum Gasteiger partial charge on any atom is -0.393 e. The minimum atomic E-state index is -1.19. The summed E-state index contributed by atoms with van der Waals surface area (Å²) in [6, 6.07) is 0. The fourth-order valence-corrected chi connectivity index (χ4v) is 2.72. The van der Waals surface area contributed by atoms with Gasteiger partial charge in [0.05, 0.1) is 6.10 Å². The first-order valence-corrected chi connectivity index (χ1v) is 6.68. The van der Waals surface area contributed by atoms with E-state index >= 15 is 0 Å². The monoisotopic (exact) mass is 260 g/mol. The lowest BCUT2D eigenvalue weighted by Gasteiger charge is -2.35. The smallest absolute Gasteiger partial charge is 0.162 e. The molecule has 5 atom stereocenters. The van der Waals surface area contributed by atoms with Gasteiger partial charge in [-0.2, -0.15) is 0 Å². The fraction of sp³-hybridized carbons (Fsp3) is 0.929. The Labute approximate surface area is 110 Å². The van der Waals surface area contributed by atoms with E-state index in [2.05, 4.69) is 0 Å². The van der Waals surface area contributed by atoms with Gasteiger partial charge in [0.25, 0.3) is 0 Å². The SMILES string of the molecule is CCC(O)C(C(C)CC=O)C(C)CC(C)(O)OC. The lowest BCUT2D eigenvalue weighted by Crippen LogP contribution is -2.37. The van der Waals surface area contributed by atoms with Crippen LogP contribution in [0.3, 0.4) is 0 Å². The van der Waals surface area contributed by atoms with E-state index in [1.807, 2.05) is 20.8 Å². The Morgan fingerprint density at radius 1 is 1.33 bits per heavy atom. The lowest BCUT2D eigenvalue weighted by atomic mass is 9.75. The fourth-order valence-electron chi connectivity index (χ4n) is 2.72. The Balaban J connectivity index is 4.79. The first-order valence-electron chi connectivity index (χ1n) is 6.68. The zero-order valence-corrected chi connectivity index (χ0v) is 12.2. The van der Waals surface area contributed by atoms with Crippen LogP contribution >= 0.6 is 0 Å². The Morgan fingerprint density at radius 2 is 1.89 bits per heavy atom. The third-order valence-corrected chi connectivity index (χ3v) is 3.79. The van der Waals surface area contributed by atoms with Crippen LogP contribution in [0.25, 0.3) is 0 Å². The summed E-state index contributed by atoms with van der Waals surface area (Å²) in [7, 11) is 1.47. The molecule has 2 N–H and O–H groups in total. The van der Waals surface area contributed by atoms with Crippen LogP contribution < -0.4 is 0 Å². The van der Waals surface area contributed by atoms with E-state index in [-0.39, 0.29) is 17.8 Å². The molecule has 0 fully saturated rings. The van der Waals surface area contributed by atoms with Crippen molar-refractivity contribution in [3.63, 3.8) is 0 Å². The molecule has 0 rings (SSSR count). The van der Waals surface area contributed by atoms with Crippen molar-refractivity contribution in [3.8, 4) is 0 Å². The third kappa shape index (κ3) is 5.46. The van der Waals surface area contributed by atoms with Crippen LogP contribution in [0.4, 0.5) is 0 Å². The van der Waals surface area contributed by atoms with Crippen LogP contribution in [-0.2, 0) is 9.53 Å². The molecule has 0 saturated heterocycles. The Morgan fingerprint density at radius 3 is 2.28 bits per heavy atom. The number of methoxy groups -OCH3 is 1. The van der Waals surface area contributed by atoms with Crippen molar-refractivity contribution in [1.29, 1.82) is 0 Å². The molecule has 0 heterocycles. The van der Waals surface area contributed by atoms with E-state index in [4.69, 9.17) is 4.74 Å². The van der Waals surface area contributed by atoms with Crippen molar-refractivity contribution in [2.24, 2.45) is 17.8 Å². The topological polar surface area (TPSA) is 66.8 Å². The Hall–Kier alpha value is -0.450. The van der Waals surface area contributed by atoms with Crippen LogP contribution in [-0.4, -0.2) is 35.5 Å². The van der Waals surface area contributed by atoms with Gasteiger partial charge in [-0.05, 0) is 31.1 Å². The van der Waals surface area contributed by atoms with E-state index in [1.54, 1.807) is 6.92 Å². The molecule has 0 aromatic heterocycles. The van der Waals surface area contributed by atoms with Gasteiger partial charge in [0, 0.05) is 20.0 Å². The van der Waals surface area contributed by atoms with Crippen molar-refractivity contribution >= 4 is 6.29 Å². The molecule has 0 bridgehead atoms. The molecular weight excluding hydrogens is 232 g/mol. The van der Waals surface area contributed by atoms with Gasteiger partial charge in [-0.1, -0.05) is 20.8 Å². The van der Waals surface area contributed by atoms with E-state index in [9.17, 15) is 15.0 Å². The Bertz CT molecular complexity index is 240. The first-order chi connectivity index (χ1) is 8.29. The highest BCUT2D eigenvalue weighted by Gasteiger charge is 2.33. The molecule has 0 aliphatic carbocycles. The molecule has 0 radical (unpaired) electrons. The number of aliphatic hydroxyl groups is 2. The number of carbonyl (C=O) groups excluding carboxylic acids is 1. The number of ether oxygens (including phenoxy) is 1. The Kier molecular flexibility index (Phi) is 7.67. The van der Waals surface area contributed by atoms with E-state index < -0.39 is 11.9 Å². The van der Waals surface area contributed by atoms with Crippen molar-refractivity contribution < 1.29 is 19.7 Å². The molecule has 0 spiro atoms. The zero-order chi connectivity index (χ0) is 14.3. The molecule has 0 aliphatic heterocycles. The number of hydrogen-bond acceptors (Lipinski definition) is 4. The van der Waals surface area contributed by atoms with E-state index in [0.717, 1.165) is 6.29 Å². The molecule has 0 aromatic rings. The number of hydrogen-bond donors (Lipinski definition) is 2. The van der Waals surface area contributed by atoms with E-state index in [0.29, 0.717) is 19.3 Å². The molecule has 0 aliphatic rings. The summed E-state index contributed by atoms with van der Waals surface area (Å²) in [4.78, 5) is 10.6. The first kappa shape index (κ1) is 17.6. The van der Waals surface area contributed by atoms with Crippen molar-refractivity contribution in [1.82, 2.24) is 0 Å². The highest BCUT2D eigenvalue weighted by atomic mass is 16.6. The predicted octanol–water partition coefficient (Wildman–Crippen LogP) is 1.98. The average Bonchev–Trinajstić information content (AvgIpc) is 2.28. The molecule has 5 unspecified atom stereocenters. The molecule has 0 amide bonds. The van der Waals surface area contributed by atoms with Gasteiger partial charge in [0.15, 0.2) is 5.79 Å². The average molecular weight is 260 g/mol. The van der Waals surface area contributed by atoms with Gasteiger partial charge >= 0.3 is 0 Å².